The molecule has 0 bridgehead atoms. The van der Waals surface area contributed by atoms with Crippen molar-refractivity contribution in [2.45, 2.75) is 90.5 Å². The van der Waals surface area contributed by atoms with Crippen LogP contribution in [0.2, 0.25) is 0 Å². The summed E-state index contributed by atoms with van der Waals surface area (Å²) < 4.78 is 57.5. The molecule has 0 radical (unpaired) electrons. The Labute approximate surface area is 301 Å². The summed E-state index contributed by atoms with van der Waals surface area (Å²) in [5.41, 5.74) is 12.3. The van der Waals surface area contributed by atoms with Crippen LogP contribution in [-0.4, -0.2) is 18.5 Å². The van der Waals surface area contributed by atoms with Crippen LogP contribution in [0.1, 0.15) is 90.1 Å². The highest BCUT2D eigenvalue weighted by molar-refractivity contribution is 7.86. The van der Waals surface area contributed by atoms with Gasteiger partial charge in [0.15, 0.2) is 0 Å². The first kappa shape index (κ1) is 38.0. The van der Waals surface area contributed by atoms with E-state index in [1.807, 2.05) is 0 Å². The molecular weight excluding hydrogens is 666 g/mol. The van der Waals surface area contributed by atoms with Gasteiger partial charge in [-0.25, -0.2) is 0 Å². The van der Waals surface area contributed by atoms with Gasteiger partial charge in [-0.05, 0) is 101 Å². The zero-order chi connectivity index (χ0) is 37.7. The van der Waals surface area contributed by atoms with Gasteiger partial charge >= 0.3 is 15.6 Å². The highest BCUT2D eigenvalue weighted by atomic mass is 32.2. The van der Waals surface area contributed by atoms with Crippen molar-refractivity contribution in [3.63, 3.8) is 0 Å². The van der Waals surface area contributed by atoms with Crippen LogP contribution in [0.5, 0.6) is 0 Å². The van der Waals surface area contributed by atoms with Crippen molar-refractivity contribution in [3.8, 4) is 44.5 Å². The molecule has 0 amide bonds. The maximum Gasteiger partial charge on any atom is 0.522 e. The van der Waals surface area contributed by atoms with Crippen molar-refractivity contribution < 1.29 is 26.1 Å². The molecule has 268 valence electrons. The van der Waals surface area contributed by atoms with E-state index in [4.69, 9.17) is 13.0 Å². The van der Waals surface area contributed by atoms with Gasteiger partial charge in [-0.3, -0.25) is 4.55 Å². The molecular formula is C44H47F3O3S. The van der Waals surface area contributed by atoms with E-state index in [1.54, 1.807) is 0 Å². The van der Waals surface area contributed by atoms with Crippen molar-refractivity contribution in [3.05, 3.63) is 131 Å². The third-order valence-electron chi connectivity index (χ3n) is 9.54. The van der Waals surface area contributed by atoms with Crippen LogP contribution < -0.4 is 0 Å². The Kier molecular flexibility index (Phi) is 10.0. The fraction of sp³-hybridized carbons (Fsp3) is 0.318. The molecule has 1 aliphatic rings. The molecule has 5 aromatic rings. The topological polar surface area (TPSA) is 54.4 Å². The van der Waals surface area contributed by atoms with Crippen molar-refractivity contribution >= 4 is 10.1 Å². The number of benzene rings is 5. The summed E-state index contributed by atoms with van der Waals surface area (Å²) in [7, 11) is -5.84. The smallest absolute Gasteiger partial charge is 0.279 e. The Hall–Kier alpha value is -4.20. The van der Waals surface area contributed by atoms with Crippen molar-refractivity contribution in [1.29, 1.82) is 0 Å². The molecule has 1 aliphatic carbocycles. The zero-order valence-electron chi connectivity index (χ0n) is 30.8. The van der Waals surface area contributed by atoms with Crippen molar-refractivity contribution in [2.24, 2.45) is 0 Å². The summed E-state index contributed by atoms with van der Waals surface area (Å²) in [5, 5.41) is 0. The molecule has 51 heavy (non-hydrogen) atoms. The standard InChI is InChI=1S/C43H46.CHF3O3S/c1-41(2,3)32-20-14-28(15-21-32)36-27-37-35-13-11-10-12-31(35)26-38(37)40(30-18-24-34(25-19-30)43(7,8)9)39(36)29-16-22-33(23-17-29)42(4,5)6;2-1(3,4)8(5,6)7/h10-25,27H,26H2,1-9H3;(H,5,6,7). The molecule has 0 atom stereocenters. The lowest BCUT2D eigenvalue weighted by Crippen LogP contribution is -2.21. The van der Waals surface area contributed by atoms with Crippen LogP contribution in [0.25, 0.3) is 44.5 Å². The molecule has 1 N–H and O–H groups in total. The lowest BCUT2D eigenvalue weighted by molar-refractivity contribution is -0.0510. The number of rotatable bonds is 3. The van der Waals surface area contributed by atoms with Crippen LogP contribution in [0.3, 0.4) is 0 Å². The molecule has 0 saturated heterocycles. The first-order valence-corrected chi connectivity index (χ1v) is 18.6. The summed E-state index contributed by atoms with van der Waals surface area (Å²) in [6.45, 7) is 20.6. The van der Waals surface area contributed by atoms with Crippen LogP contribution in [-0.2, 0) is 32.8 Å². The highest BCUT2D eigenvalue weighted by Gasteiger charge is 2.44. The van der Waals surface area contributed by atoms with E-state index in [2.05, 4.69) is 165 Å². The van der Waals surface area contributed by atoms with Gasteiger partial charge in [0.25, 0.3) is 0 Å². The maximum atomic E-state index is 10.7. The van der Waals surface area contributed by atoms with Crippen molar-refractivity contribution in [1.82, 2.24) is 0 Å². The van der Waals surface area contributed by atoms with E-state index in [-0.39, 0.29) is 16.2 Å². The van der Waals surface area contributed by atoms with Crippen LogP contribution in [0.15, 0.2) is 103 Å². The molecule has 0 spiro atoms. The highest BCUT2D eigenvalue weighted by Crippen LogP contribution is 2.51. The zero-order valence-corrected chi connectivity index (χ0v) is 31.6. The molecule has 0 unspecified atom stereocenters. The second kappa shape index (κ2) is 13.4. The molecule has 3 nitrogen and oxygen atoms in total. The van der Waals surface area contributed by atoms with Gasteiger partial charge in [0.05, 0.1) is 0 Å². The third kappa shape index (κ3) is 8.15. The van der Waals surface area contributed by atoms with Gasteiger partial charge in [-0.1, -0.05) is 159 Å². The normalized spacial score (nSPS) is 13.3. The predicted molar refractivity (Wildman–Crippen MR) is 205 cm³/mol. The summed E-state index contributed by atoms with van der Waals surface area (Å²) in [6.07, 6.45) is 0.957. The summed E-state index contributed by atoms with van der Waals surface area (Å²) in [5.74, 6) is 0. The number of halogens is 3. The Morgan fingerprint density at radius 2 is 0.882 bits per heavy atom. The van der Waals surface area contributed by atoms with Crippen LogP contribution in [0, 0.1) is 0 Å². The van der Waals surface area contributed by atoms with E-state index < -0.39 is 15.6 Å². The maximum absolute atomic E-state index is 10.7. The van der Waals surface area contributed by atoms with Gasteiger partial charge in [0, 0.05) is 0 Å². The molecule has 0 fully saturated rings. The molecule has 0 aromatic heterocycles. The number of hydrogen-bond donors (Lipinski definition) is 1. The lowest BCUT2D eigenvalue weighted by Gasteiger charge is -2.24. The SMILES string of the molecule is CC(C)(C)c1ccc(-c2cc3c(c(-c4ccc(C(C)(C)C)cc4)c2-c2ccc(C(C)(C)C)cc2)Cc2ccccc2-3)cc1.O=S(=O)(O)C(F)(F)F. The molecule has 0 saturated carbocycles. The lowest BCUT2D eigenvalue weighted by atomic mass is 9.79. The van der Waals surface area contributed by atoms with E-state index in [0.29, 0.717) is 0 Å². The summed E-state index contributed by atoms with van der Waals surface area (Å²) >= 11 is 0. The summed E-state index contributed by atoms with van der Waals surface area (Å²) in [6, 6.07) is 39.5. The minimum absolute atomic E-state index is 0.106. The van der Waals surface area contributed by atoms with E-state index in [9.17, 15) is 13.2 Å². The van der Waals surface area contributed by atoms with E-state index in [1.165, 1.54) is 72.3 Å². The van der Waals surface area contributed by atoms with Crippen LogP contribution >= 0.6 is 0 Å². The predicted octanol–water partition coefficient (Wildman–Crippen LogP) is 12.5. The average molecular weight is 713 g/mol. The van der Waals surface area contributed by atoms with Crippen LogP contribution in [0.4, 0.5) is 13.2 Å². The van der Waals surface area contributed by atoms with Crippen molar-refractivity contribution in [2.75, 3.05) is 0 Å². The quantitative estimate of drug-likeness (QED) is 0.147. The van der Waals surface area contributed by atoms with Gasteiger partial charge in [-0.15, -0.1) is 0 Å². The number of alkyl halides is 3. The molecule has 7 heteroatoms. The first-order chi connectivity index (χ1) is 23.5. The Bertz CT molecular complexity index is 2140. The minimum Gasteiger partial charge on any atom is -0.279 e. The van der Waals surface area contributed by atoms with Gasteiger partial charge in [0.2, 0.25) is 0 Å². The number of hydrogen-bond acceptors (Lipinski definition) is 2. The number of fused-ring (bicyclic) bond motifs is 3. The largest absolute Gasteiger partial charge is 0.522 e. The Morgan fingerprint density at radius 1 is 0.510 bits per heavy atom. The van der Waals surface area contributed by atoms with E-state index in [0.717, 1.165) is 6.42 Å². The second-order valence-electron chi connectivity index (χ2n) is 16.4. The third-order valence-corrected chi connectivity index (χ3v) is 10.1. The van der Waals surface area contributed by atoms with E-state index >= 15 is 0 Å². The fourth-order valence-electron chi connectivity index (χ4n) is 6.55. The minimum atomic E-state index is -5.84. The molecule has 0 aliphatic heterocycles. The Morgan fingerprint density at radius 3 is 1.27 bits per heavy atom. The Balaban J connectivity index is 0.000000565. The fourth-order valence-corrected chi connectivity index (χ4v) is 6.55. The average Bonchev–Trinajstić information content (AvgIpc) is 3.40. The monoisotopic (exact) mass is 712 g/mol. The summed E-state index contributed by atoms with van der Waals surface area (Å²) in [4.78, 5) is 0. The van der Waals surface area contributed by atoms with Gasteiger partial charge in [-0.2, -0.15) is 21.6 Å². The second-order valence-corrected chi connectivity index (χ2v) is 17.9. The molecule has 5 aromatic carbocycles. The first-order valence-electron chi connectivity index (χ1n) is 17.1. The molecule has 6 rings (SSSR count). The molecule has 0 heterocycles. The van der Waals surface area contributed by atoms with Gasteiger partial charge in [0.1, 0.15) is 0 Å². The van der Waals surface area contributed by atoms with Gasteiger partial charge < -0.3 is 0 Å².